The zero-order valence-corrected chi connectivity index (χ0v) is 9.01. The molecule has 0 unspecified atom stereocenters. The summed E-state index contributed by atoms with van der Waals surface area (Å²) in [5.74, 6) is 0. The molecule has 3 nitrogen and oxygen atoms in total. The minimum atomic E-state index is 0.0598. The van der Waals surface area contributed by atoms with Gasteiger partial charge in [0.15, 0.2) is 0 Å². The van der Waals surface area contributed by atoms with Crippen molar-refractivity contribution in [3.05, 3.63) is 36.0 Å². The fraction of sp³-hybridized carbons (Fsp3) is 0.0909. The summed E-state index contributed by atoms with van der Waals surface area (Å²) in [6, 6.07) is 11.3. The van der Waals surface area contributed by atoms with Gasteiger partial charge >= 0.3 is 0 Å². The Labute approximate surface area is 93.0 Å². The van der Waals surface area contributed by atoms with E-state index in [1.807, 2.05) is 30.5 Å². The van der Waals surface area contributed by atoms with E-state index in [-0.39, 0.29) is 5.57 Å². The molecular formula is C11H9N3S. The van der Waals surface area contributed by atoms with Crippen LogP contribution in [0.25, 0.3) is 0 Å². The highest BCUT2D eigenvalue weighted by molar-refractivity contribution is 7.98. The molecule has 0 aliphatic heterocycles. The smallest absolute Gasteiger partial charge is 0.145 e. The van der Waals surface area contributed by atoms with Crippen LogP contribution in [0.2, 0.25) is 0 Å². The maximum absolute atomic E-state index is 8.52. The third-order valence-electron chi connectivity index (χ3n) is 1.69. The normalized spacial score (nSPS) is 8.47. The molecule has 0 atom stereocenters. The van der Waals surface area contributed by atoms with Crippen LogP contribution in [0.4, 0.5) is 5.69 Å². The predicted molar refractivity (Wildman–Crippen MR) is 61.2 cm³/mol. The molecule has 1 rings (SSSR count). The number of benzene rings is 1. The first-order valence-corrected chi connectivity index (χ1v) is 5.43. The van der Waals surface area contributed by atoms with E-state index in [0.29, 0.717) is 0 Å². The summed E-state index contributed by atoms with van der Waals surface area (Å²) in [7, 11) is 0. The van der Waals surface area contributed by atoms with Crippen molar-refractivity contribution in [2.45, 2.75) is 4.90 Å². The van der Waals surface area contributed by atoms with Gasteiger partial charge in [0.2, 0.25) is 0 Å². The van der Waals surface area contributed by atoms with E-state index >= 15 is 0 Å². The van der Waals surface area contributed by atoms with Crippen molar-refractivity contribution in [2.75, 3.05) is 11.6 Å². The minimum Gasteiger partial charge on any atom is -0.360 e. The van der Waals surface area contributed by atoms with Crippen molar-refractivity contribution in [1.82, 2.24) is 0 Å². The molecule has 0 saturated heterocycles. The van der Waals surface area contributed by atoms with Crippen LogP contribution in [0, 0.1) is 22.7 Å². The van der Waals surface area contributed by atoms with Crippen molar-refractivity contribution < 1.29 is 0 Å². The van der Waals surface area contributed by atoms with Crippen molar-refractivity contribution in [2.24, 2.45) is 0 Å². The van der Waals surface area contributed by atoms with Gasteiger partial charge in [0.05, 0.1) is 0 Å². The number of nitrogens with one attached hydrogen (secondary N) is 1. The quantitative estimate of drug-likeness (QED) is 0.622. The lowest BCUT2D eigenvalue weighted by Crippen LogP contribution is -1.89. The molecule has 4 heteroatoms. The van der Waals surface area contributed by atoms with Gasteiger partial charge in [-0.05, 0) is 24.5 Å². The molecule has 0 heterocycles. The fourth-order valence-electron chi connectivity index (χ4n) is 0.958. The average Bonchev–Trinajstić information content (AvgIpc) is 2.31. The first-order chi connectivity index (χ1) is 7.30. The monoisotopic (exact) mass is 215 g/mol. The van der Waals surface area contributed by atoms with E-state index in [1.54, 1.807) is 23.9 Å². The zero-order chi connectivity index (χ0) is 11.1. The number of allylic oxidation sites excluding steroid dienone is 1. The maximum atomic E-state index is 8.52. The largest absolute Gasteiger partial charge is 0.360 e. The van der Waals surface area contributed by atoms with Crippen LogP contribution in [0.15, 0.2) is 40.9 Å². The van der Waals surface area contributed by atoms with Crippen molar-refractivity contribution in [3.63, 3.8) is 0 Å². The molecule has 0 bridgehead atoms. The first-order valence-electron chi connectivity index (χ1n) is 4.21. The van der Waals surface area contributed by atoms with Crippen LogP contribution in [-0.2, 0) is 0 Å². The Morgan fingerprint density at radius 2 is 2.13 bits per heavy atom. The summed E-state index contributed by atoms with van der Waals surface area (Å²) in [6.07, 6.45) is 3.39. The summed E-state index contributed by atoms with van der Waals surface area (Å²) in [6.45, 7) is 0. The van der Waals surface area contributed by atoms with E-state index in [4.69, 9.17) is 10.5 Å². The fourth-order valence-corrected chi connectivity index (χ4v) is 1.42. The molecule has 0 spiro atoms. The van der Waals surface area contributed by atoms with Crippen LogP contribution in [0.5, 0.6) is 0 Å². The van der Waals surface area contributed by atoms with Gasteiger partial charge in [-0.25, -0.2) is 0 Å². The van der Waals surface area contributed by atoms with Gasteiger partial charge in [-0.2, -0.15) is 10.5 Å². The Morgan fingerprint density at radius 1 is 1.40 bits per heavy atom. The summed E-state index contributed by atoms with van der Waals surface area (Å²) in [5, 5.41) is 19.9. The molecular weight excluding hydrogens is 206 g/mol. The number of hydrogen-bond acceptors (Lipinski definition) is 4. The molecule has 0 radical (unpaired) electrons. The Balaban J connectivity index is 2.79. The standard InChI is InChI=1S/C11H9N3S/c1-15-11-4-2-3-10(5-11)14-8-9(6-12)7-13/h2-5,8,14H,1H3. The van der Waals surface area contributed by atoms with Crippen molar-refractivity contribution >= 4 is 17.4 Å². The lowest BCUT2D eigenvalue weighted by Gasteiger charge is -2.02. The minimum absolute atomic E-state index is 0.0598. The van der Waals surface area contributed by atoms with Crippen LogP contribution >= 0.6 is 11.8 Å². The Morgan fingerprint density at radius 3 is 2.73 bits per heavy atom. The Hall–Kier alpha value is -1.91. The number of rotatable bonds is 3. The maximum Gasteiger partial charge on any atom is 0.145 e. The van der Waals surface area contributed by atoms with Crippen LogP contribution in [-0.4, -0.2) is 6.26 Å². The lowest BCUT2D eigenvalue weighted by molar-refractivity contribution is 1.42. The van der Waals surface area contributed by atoms with Crippen LogP contribution < -0.4 is 5.32 Å². The summed E-state index contributed by atoms with van der Waals surface area (Å²) in [5.41, 5.74) is 0.925. The molecule has 1 aromatic rings. The Bertz CT molecular complexity index is 436. The number of nitriles is 2. The van der Waals surface area contributed by atoms with E-state index < -0.39 is 0 Å². The lowest BCUT2D eigenvalue weighted by atomic mass is 10.3. The van der Waals surface area contributed by atoms with Crippen LogP contribution in [0.3, 0.4) is 0 Å². The highest BCUT2D eigenvalue weighted by Crippen LogP contribution is 2.18. The third-order valence-corrected chi connectivity index (χ3v) is 2.42. The van der Waals surface area contributed by atoms with E-state index in [0.717, 1.165) is 10.6 Å². The summed E-state index contributed by atoms with van der Waals surface area (Å²) in [4.78, 5) is 1.13. The highest BCUT2D eigenvalue weighted by Gasteiger charge is 1.94. The van der Waals surface area contributed by atoms with Gasteiger partial charge < -0.3 is 5.32 Å². The third kappa shape index (κ3) is 3.38. The predicted octanol–water partition coefficient (Wildman–Crippen LogP) is 2.75. The molecule has 0 fully saturated rings. The van der Waals surface area contributed by atoms with Crippen molar-refractivity contribution in [3.8, 4) is 12.1 Å². The van der Waals surface area contributed by atoms with Gasteiger partial charge in [0.1, 0.15) is 17.7 Å². The van der Waals surface area contributed by atoms with Gasteiger partial charge in [0.25, 0.3) is 0 Å². The second-order valence-electron chi connectivity index (χ2n) is 2.66. The molecule has 0 aromatic heterocycles. The zero-order valence-electron chi connectivity index (χ0n) is 8.19. The molecule has 15 heavy (non-hydrogen) atoms. The number of nitrogens with zero attached hydrogens (tertiary/aromatic N) is 2. The van der Waals surface area contributed by atoms with Gasteiger partial charge in [0, 0.05) is 16.8 Å². The average molecular weight is 215 g/mol. The molecule has 74 valence electrons. The Kier molecular flexibility index (Phi) is 4.28. The topological polar surface area (TPSA) is 59.6 Å². The highest BCUT2D eigenvalue weighted by atomic mass is 32.2. The molecule has 1 N–H and O–H groups in total. The SMILES string of the molecule is CSc1cccc(NC=C(C#N)C#N)c1. The number of anilines is 1. The first kappa shape index (κ1) is 11.2. The van der Waals surface area contributed by atoms with Crippen LogP contribution in [0.1, 0.15) is 0 Å². The van der Waals surface area contributed by atoms with E-state index in [9.17, 15) is 0 Å². The molecule has 0 amide bonds. The molecule has 0 saturated carbocycles. The van der Waals surface area contributed by atoms with Crippen molar-refractivity contribution in [1.29, 1.82) is 10.5 Å². The van der Waals surface area contributed by atoms with E-state index in [1.165, 1.54) is 6.20 Å². The molecule has 1 aromatic carbocycles. The second kappa shape index (κ2) is 5.74. The van der Waals surface area contributed by atoms with E-state index in [2.05, 4.69) is 5.32 Å². The van der Waals surface area contributed by atoms with Gasteiger partial charge in [-0.15, -0.1) is 11.8 Å². The summed E-state index contributed by atoms with van der Waals surface area (Å²) < 4.78 is 0. The van der Waals surface area contributed by atoms with Gasteiger partial charge in [-0.3, -0.25) is 0 Å². The number of hydrogen-bond donors (Lipinski definition) is 1. The summed E-state index contributed by atoms with van der Waals surface area (Å²) >= 11 is 1.64. The number of thioether (sulfide) groups is 1. The second-order valence-corrected chi connectivity index (χ2v) is 3.54. The molecule has 0 aliphatic carbocycles. The van der Waals surface area contributed by atoms with Gasteiger partial charge in [-0.1, -0.05) is 6.07 Å². The molecule has 0 aliphatic rings.